The van der Waals surface area contributed by atoms with Crippen LogP contribution >= 0.6 is 0 Å². The number of sulfonamides is 1. The number of aromatic carboxylic acids is 1. The Labute approximate surface area is 200 Å². The smallest absolute Gasteiger partial charge is 0.335 e. The normalized spacial score (nSPS) is 11.5. The van der Waals surface area contributed by atoms with Gasteiger partial charge in [0.15, 0.2) is 0 Å². The van der Waals surface area contributed by atoms with Crippen LogP contribution in [0, 0.1) is 0 Å². The average Bonchev–Trinajstić information content (AvgIpc) is 2.86. The lowest BCUT2D eigenvalue weighted by atomic mass is 9.93. The van der Waals surface area contributed by atoms with E-state index in [1.54, 1.807) is 36.4 Å². The molecule has 4 N–H and O–H groups in total. The fourth-order valence-electron chi connectivity index (χ4n) is 4.18. The van der Waals surface area contributed by atoms with Crippen LogP contribution in [-0.2, 0) is 10.0 Å². The van der Waals surface area contributed by atoms with Gasteiger partial charge in [0.25, 0.3) is 10.0 Å². The number of benzene rings is 5. The van der Waals surface area contributed by atoms with E-state index in [9.17, 15) is 28.5 Å². The lowest BCUT2D eigenvalue weighted by Gasteiger charge is -2.17. The zero-order valence-electron chi connectivity index (χ0n) is 18.1. The number of hydrogen-bond acceptors (Lipinski definition) is 5. The minimum Gasteiger partial charge on any atom is -0.507 e. The molecule has 0 amide bonds. The number of fused-ring (bicyclic) bond motifs is 2. The van der Waals surface area contributed by atoms with E-state index in [-0.39, 0.29) is 33.2 Å². The standard InChI is InChI=1S/C27H19NO6S/c29-24-13-12-16-6-1-2-9-19(16)25(24)22-15-23(20-10-3-4-11-21(20)26(22)30)28-35(33,34)18-8-5-7-17(14-18)27(31)32/h1-15,28-30H,(H,31,32). The molecule has 0 heterocycles. The van der Waals surface area contributed by atoms with Crippen LogP contribution in [0.2, 0.25) is 0 Å². The molecule has 35 heavy (non-hydrogen) atoms. The van der Waals surface area contributed by atoms with Gasteiger partial charge in [0.2, 0.25) is 0 Å². The zero-order chi connectivity index (χ0) is 24.7. The van der Waals surface area contributed by atoms with Gasteiger partial charge in [-0.1, -0.05) is 60.7 Å². The van der Waals surface area contributed by atoms with Gasteiger partial charge in [0.05, 0.1) is 16.1 Å². The Balaban J connectivity index is 1.74. The summed E-state index contributed by atoms with van der Waals surface area (Å²) in [5.74, 6) is -1.42. The van der Waals surface area contributed by atoms with Crippen LogP contribution in [0.1, 0.15) is 10.4 Å². The summed E-state index contributed by atoms with van der Waals surface area (Å²) in [7, 11) is -4.18. The summed E-state index contributed by atoms with van der Waals surface area (Å²) in [6.07, 6.45) is 0. The molecular weight excluding hydrogens is 466 g/mol. The minimum atomic E-state index is -4.18. The van der Waals surface area contributed by atoms with Gasteiger partial charge in [-0.05, 0) is 41.1 Å². The van der Waals surface area contributed by atoms with Crippen molar-refractivity contribution >= 4 is 43.2 Å². The van der Waals surface area contributed by atoms with E-state index in [2.05, 4.69) is 4.72 Å². The van der Waals surface area contributed by atoms with E-state index in [4.69, 9.17) is 0 Å². The van der Waals surface area contributed by atoms with E-state index in [0.717, 1.165) is 11.5 Å². The number of aromatic hydroxyl groups is 2. The number of carboxylic acids is 1. The molecule has 5 rings (SSSR count). The third kappa shape index (κ3) is 3.89. The van der Waals surface area contributed by atoms with E-state index in [1.165, 1.54) is 30.3 Å². The molecule has 0 aliphatic carbocycles. The van der Waals surface area contributed by atoms with Crippen molar-refractivity contribution in [2.75, 3.05) is 4.72 Å². The number of carboxylic acid groups (broad SMARTS) is 1. The van der Waals surface area contributed by atoms with Gasteiger partial charge in [-0.15, -0.1) is 0 Å². The molecule has 0 aliphatic heterocycles. The predicted octanol–water partition coefficient (Wildman–Crippen LogP) is 5.57. The number of anilines is 1. The molecule has 0 saturated carbocycles. The highest BCUT2D eigenvalue weighted by molar-refractivity contribution is 7.92. The highest BCUT2D eigenvalue weighted by Gasteiger charge is 2.22. The first-order valence-corrected chi connectivity index (χ1v) is 12.1. The Morgan fingerprint density at radius 1 is 0.743 bits per heavy atom. The summed E-state index contributed by atoms with van der Waals surface area (Å²) in [4.78, 5) is 11.1. The van der Waals surface area contributed by atoms with E-state index in [1.807, 2.05) is 18.2 Å². The number of hydrogen-bond donors (Lipinski definition) is 4. The molecule has 0 bridgehead atoms. The molecular formula is C27H19NO6S. The minimum absolute atomic E-state index is 0.0720. The second-order valence-electron chi connectivity index (χ2n) is 7.99. The summed E-state index contributed by atoms with van der Waals surface area (Å²) in [5, 5.41) is 33.5. The maximum absolute atomic E-state index is 13.2. The fraction of sp³-hybridized carbons (Fsp3) is 0. The maximum Gasteiger partial charge on any atom is 0.335 e. The number of nitrogens with one attached hydrogen (secondary N) is 1. The first-order chi connectivity index (χ1) is 16.8. The van der Waals surface area contributed by atoms with Crippen LogP contribution in [0.4, 0.5) is 5.69 Å². The Morgan fingerprint density at radius 3 is 2.17 bits per heavy atom. The highest BCUT2D eigenvalue weighted by atomic mass is 32.2. The van der Waals surface area contributed by atoms with Crippen molar-refractivity contribution in [2.24, 2.45) is 0 Å². The summed E-state index contributed by atoms with van der Waals surface area (Å²) >= 11 is 0. The van der Waals surface area contributed by atoms with Crippen molar-refractivity contribution in [1.29, 1.82) is 0 Å². The SMILES string of the molecule is O=C(O)c1cccc(S(=O)(=O)Nc2cc(-c3c(O)ccc4ccccc34)c(O)c3ccccc23)c1. The van der Waals surface area contributed by atoms with Gasteiger partial charge < -0.3 is 15.3 Å². The molecule has 8 heteroatoms. The number of rotatable bonds is 5. The zero-order valence-corrected chi connectivity index (χ0v) is 19.0. The predicted molar refractivity (Wildman–Crippen MR) is 134 cm³/mol. The van der Waals surface area contributed by atoms with Crippen LogP contribution in [0.5, 0.6) is 11.5 Å². The summed E-state index contributed by atoms with van der Waals surface area (Å²) in [5.41, 5.74) is 0.612. The monoisotopic (exact) mass is 485 g/mol. The number of carbonyl (C=O) groups is 1. The summed E-state index contributed by atoms with van der Waals surface area (Å²) in [6.45, 7) is 0. The van der Waals surface area contributed by atoms with E-state index in [0.29, 0.717) is 21.7 Å². The largest absolute Gasteiger partial charge is 0.507 e. The molecule has 0 atom stereocenters. The quantitative estimate of drug-likeness (QED) is 0.241. The van der Waals surface area contributed by atoms with Gasteiger partial charge in [-0.25, -0.2) is 13.2 Å². The van der Waals surface area contributed by atoms with Crippen molar-refractivity contribution in [3.63, 3.8) is 0 Å². The molecule has 5 aromatic carbocycles. The van der Waals surface area contributed by atoms with Crippen molar-refractivity contribution in [2.45, 2.75) is 4.90 Å². The lowest BCUT2D eigenvalue weighted by Crippen LogP contribution is -2.14. The van der Waals surface area contributed by atoms with Crippen molar-refractivity contribution in [3.8, 4) is 22.6 Å². The molecule has 0 radical (unpaired) electrons. The van der Waals surface area contributed by atoms with Crippen LogP contribution in [0.3, 0.4) is 0 Å². The molecule has 5 aromatic rings. The number of phenols is 2. The van der Waals surface area contributed by atoms with Gasteiger partial charge in [-0.2, -0.15) is 0 Å². The van der Waals surface area contributed by atoms with E-state index >= 15 is 0 Å². The van der Waals surface area contributed by atoms with Crippen molar-refractivity contribution in [1.82, 2.24) is 0 Å². The van der Waals surface area contributed by atoms with Crippen LogP contribution < -0.4 is 4.72 Å². The maximum atomic E-state index is 13.2. The molecule has 0 spiro atoms. The van der Waals surface area contributed by atoms with E-state index < -0.39 is 16.0 Å². The second kappa shape index (κ2) is 8.34. The molecule has 0 aromatic heterocycles. The molecule has 7 nitrogen and oxygen atoms in total. The van der Waals surface area contributed by atoms with Crippen LogP contribution in [0.25, 0.3) is 32.7 Å². The third-order valence-corrected chi connectivity index (χ3v) is 7.19. The first kappa shape index (κ1) is 22.2. The second-order valence-corrected chi connectivity index (χ2v) is 9.67. The Bertz CT molecular complexity index is 1740. The summed E-state index contributed by atoms with van der Waals surface area (Å²) < 4.78 is 29.0. The molecule has 0 aliphatic rings. The molecule has 0 fully saturated rings. The molecule has 0 saturated heterocycles. The lowest BCUT2D eigenvalue weighted by molar-refractivity contribution is 0.0696. The van der Waals surface area contributed by atoms with Gasteiger partial charge in [0, 0.05) is 21.9 Å². The Kier molecular flexibility index (Phi) is 5.30. The number of phenolic OH excluding ortho intramolecular Hbond substituents is 2. The van der Waals surface area contributed by atoms with Crippen LogP contribution in [0.15, 0.2) is 95.9 Å². The Hall–Kier alpha value is -4.56. The fourth-order valence-corrected chi connectivity index (χ4v) is 5.29. The van der Waals surface area contributed by atoms with Gasteiger partial charge in [-0.3, -0.25) is 4.72 Å². The van der Waals surface area contributed by atoms with Gasteiger partial charge in [0.1, 0.15) is 11.5 Å². The highest BCUT2D eigenvalue weighted by Crippen LogP contribution is 2.46. The first-order valence-electron chi connectivity index (χ1n) is 10.6. The van der Waals surface area contributed by atoms with Crippen molar-refractivity contribution < 1.29 is 28.5 Å². The van der Waals surface area contributed by atoms with Gasteiger partial charge >= 0.3 is 5.97 Å². The summed E-state index contributed by atoms with van der Waals surface area (Å²) in [6, 6.07) is 23.9. The van der Waals surface area contributed by atoms with Crippen LogP contribution in [-0.4, -0.2) is 29.7 Å². The third-order valence-electron chi connectivity index (χ3n) is 5.83. The topological polar surface area (TPSA) is 124 Å². The molecule has 174 valence electrons. The Morgan fingerprint density at radius 2 is 1.43 bits per heavy atom. The van der Waals surface area contributed by atoms with Crippen molar-refractivity contribution in [3.05, 3.63) is 96.6 Å². The molecule has 0 unspecified atom stereocenters. The average molecular weight is 486 g/mol.